The van der Waals surface area contributed by atoms with Crippen molar-refractivity contribution in [2.75, 3.05) is 25.6 Å². The number of esters is 1. The predicted octanol–water partition coefficient (Wildman–Crippen LogP) is 2.32. The third-order valence-electron chi connectivity index (χ3n) is 1.89. The van der Waals surface area contributed by atoms with Crippen LogP contribution in [0.2, 0.25) is 5.02 Å². The van der Waals surface area contributed by atoms with Crippen LogP contribution in [-0.4, -0.2) is 26.2 Å². The summed E-state index contributed by atoms with van der Waals surface area (Å²) in [7, 11) is 1.55. The second-order valence-electron chi connectivity index (χ2n) is 3.01. The van der Waals surface area contributed by atoms with Crippen LogP contribution in [-0.2, 0) is 9.53 Å². The van der Waals surface area contributed by atoms with Crippen molar-refractivity contribution >= 4 is 23.3 Å². The Morgan fingerprint density at radius 3 is 2.81 bits per heavy atom. The minimum atomic E-state index is -0.297. The van der Waals surface area contributed by atoms with E-state index in [4.69, 9.17) is 21.1 Å². The summed E-state index contributed by atoms with van der Waals surface area (Å²) in [5.74, 6) is 0.304. The lowest BCUT2D eigenvalue weighted by atomic mass is 10.3. The van der Waals surface area contributed by atoms with Crippen LogP contribution in [0.5, 0.6) is 5.75 Å². The SMILES string of the molecule is CCOC(=O)CNc1ccc(OC)c(Cl)c1. The van der Waals surface area contributed by atoms with Crippen LogP contribution in [0.25, 0.3) is 0 Å². The normalized spacial score (nSPS) is 9.69. The third-order valence-corrected chi connectivity index (χ3v) is 2.19. The van der Waals surface area contributed by atoms with Gasteiger partial charge in [0.25, 0.3) is 0 Å². The Hall–Kier alpha value is -1.42. The molecule has 0 fully saturated rings. The third kappa shape index (κ3) is 3.62. The molecule has 88 valence electrons. The van der Waals surface area contributed by atoms with Crippen LogP contribution in [0.1, 0.15) is 6.92 Å². The number of benzene rings is 1. The summed E-state index contributed by atoms with van der Waals surface area (Å²) in [6.45, 7) is 2.27. The average molecular weight is 244 g/mol. The number of halogens is 1. The first-order valence-corrected chi connectivity index (χ1v) is 5.28. The Morgan fingerprint density at radius 1 is 1.50 bits per heavy atom. The standard InChI is InChI=1S/C11H14ClNO3/c1-3-16-11(14)7-13-8-4-5-10(15-2)9(12)6-8/h4-6,13H,3,7H2,1-2H3. The van der Waals surface area contributed by atoms with Crippen molar-refractivity contribution in [3.05, 3.63) is 23.2 Å². The minimum Gasteiger partial charge on any atom is -0.495 e. The van der Waals surface area contributed by atoms with Gasteiger partial charge in [-0.05, 0) is 25.1 Å². The highest BCUT2D eigenvalue weighted by molar-refractivity contribution is 6.32. The van der Waals surface area contributed by atoms with Crippen LogP contribution < -0.4 is 10.1 Å². The van der Waals surface area contributed by atoms with E-state index in [1.807, 2.05) is 0 Å². The Kier molecular flexibility index (Phi) is 4.92. The van der Waals surface area contributed by atoms with E-state index in [1.165, 1.54) is 0 Å². The highest BCUT2D eigenvalue weighted by atomic mass is 35.5. The Morgan fingerprint density at radius 2 is 2.25 bits per heavy atom. The number of methoxy groups -OCH3 is 1. The molecule has 0 amide bonds. The molecule has 1 aromatic carbocycles. The molecule has 0 unspecified atom stereocenters. The van der Waals surface area contributed by atoms with Gasteiger partial charge in [0.05, 0.1) is 18.7 Å². The zero-order valence-electron chi connectivity index (χ0n) is 9.25. The van der Waals surface area contributed by atoms with Gasteiger partial charge < -0.3 is 14.8 Å². The lowest BCUT2D eigenvalue weighted by Gasteiger charge is -2.08. The highest BCUT2D eigenvalue weighted by Crippen LogP contribution is 2.26. The molecule has 0 bridgehead atoms. The molecule has 0 atom stereocenters. The molecule has 0 spiro atoms. The van der Waals surface area contributed by atoms with E-state index in [2.05, 4.69) is 5.32 Å². The molecule has 4 nitrogen and oxygen atoms in total. The zero-order chi connectivity index (χ0) is 12.0. The monoisotopic (exact) mass is 243 g/mol. The van der Waals surface area contributed by atoms with Crippen molar-refractivity contribution in [1.82, 2.24) is 0 Å². The summed E-state index contributed by atoms with van der Waals surface area (Å²) < 4.78 is 9.79. The second-order valence-corrected chi connectivity index (χ2v) is 3.42. The molecule has 0 aliphatic heterocycles. The highest BCUT2D eigenvalue weighted by Gasteiger charge is 2.04. The van der Waals surface area contributed by atoms with Crippen molar-refractivity contribution < 1.29 is 14.3 Å². The molecule has 16 heavy (non-hydrogen) atoms. The zero-order valence-corrected chi connectivity index (χ0v) is 10.0. The molecule has 0 aromatic heterocycles. The molecule has 1 N–H and O–H groups in total. The fourth-order valence-electron chi connectivity index (χ4n) is 1.16. The van der Waals surface area contributed by atoms with Crippen molar-refractivity contribution in [3.8, 4) is 5.75 Å². The van der Waals surface area contributed by atoms with E-state index in [0.29, 0.717) is 17.4 Å². The second kappa shape index (κ2) is 6.23. The summed E-state index contributed by atoms with van der Waals surface area (Å²) in [6.07, 6.45) is 0. The molecular weight excluding hydrogens is 230 g/mol. The summed E-state index contributed by atoms with van der Waals surface area (Å²) in [5, 5.41) is 3.40. The van der Waals surface area contributed by atoms with Crippen LogP contribution in [0, 0.1) is 0 Å². The lowest BCUT2D eigenvalue weighted by molar-refractivity contribution is -0.140. The van der Waals surface area contributed by atoms with Gasteiger partial charge in [-0.25, -0.2) is 0 Å². The summed E-state index contributed by atoms with van der Waals surface area (Å²) in [5.41, 5.74) is 0.749. The van der Waals surface area contributed by atoms with Gasteiger partial charge in [0.2, 0.25) is 0 Å². The number of ether oxygens (including phenoxy) is 2. The van der Waals surface area contributed by atoms with Gasteiger partial charge in [-0.3, -0.25) is 4.79 Å². The van der Waals surface area contributed by atoms with Gasteiger partial charge >= 0.3 is 5.97 Å². The lowest BCUT2D eigenvalue weighted by Crippen LogP contribution is -2.16. The summed E-state index contributed by atoms with van der Waals surface area (Å²) in [6, 6.07) is 5.21. The number of rotatable bonds is 5. The number of hydrogen-bond acceptors (Lipinski definition) is 4. The number of carbonyl (C=O) groups is 1. The average Bonchev–Trinajstić information content (AvgIpc) is 2.27. The first kappa shape index (κ1) is 12.6. The Bertz CT molecular complexity index is 368. The van der Waals surface area contributed by atoms with Crippen LogP contribution >= 0.6 is 11.6 Å². The maximum atomic E-state index is 11.1. The Balaban J connectivity index is 2.55. The number of nitrogens with one attached hydrogen (secondary N) is 1. The van der Waals surface area contributed by atoms with Crippen molar-refractivity contribution in [2.24, 2.45) is 0 Å². The Labute approximate surface area is 99.5 Å². The van der Waals surface area contributed by atoms with E-state index in [-0.39, 0.29) is 12.5 Å². The molecule has 0 aliphatic rings. The van der Waals surface area contributed by atoms with E-state index < -0.39 is 0 Å². The first-order valence-electron chi connectivity index (χ1n) is 4.90. The van der Waals surface area contributed by atoms with Gasteiger partial charge in [0, 0.05) is 5.69 Å². The predicted molar refractivity (Wildman–Crippen MR) is 63.1 cm³/mol. The molecule has 1 aromatic rings. The van der Waals surface area contributed by atoms with E-state index in [9.17, 15) is 4.79 Å². The van der Waals surface area contributed by atoms with Gasteiger partial charge in [0.15, 0.2) is 0 Å². The molecule has 0 heterocycles. The number of hydrogen-bond donors (Lipinski definition) is 1. The van der Waals surface area contributed by atoms with Gasteiger partial charge in [-0.15, -0.1) is 0 Å². The fourth-order valence-corrected chi connectivity index (χ4v) is 1.42. The van der Waals surface area contributed by atoms with Crippen molar-refractivity contribution in [3.63, 3.8) is 0 Å². The topological polar surface area (TPSA) is 47.6 Å². The van der Waals surface area contributed by atoms with Crippen molar-refractivity contribution in [1.29, 1.82) is 0 Å². The van der Waals surface area contributed by atoms with Crippen LogP contribution in [0.4, 0.5) is 5.69 Å². The quantitative estimate of drug-likeness (QED) is 0.807. The molecule has 0 aliphatic carbocycles. The van der Waals surface area contributed by atoms with Crippen LogP contribution in [0.15, 0.2) is 18.2 Å². The maximum absolute atomic E-state index is 11.1. The molecule has 5 heteroatoms. The summed E-state index contributed by atoms with van der Waals surface area (Å²) in [4.78, 5) is 11.1. The molecule has 0 radical (unpaired) electrons. The van der Waals surface area contributed by atoms with Gasteiger partial charge in [-0.1, -0.05) is 11.6 Å². The molecular formula is C11H14ClNO3. The maximum Gasteiger partial charge on any atom is 0.325 e. The van der Waals surface area contributed by atoms with Crippen LogP contribution in [0.3, 0.4) is 0 Å². The van der Waals surface area contributed by atoms with E-state index in [1.54, 1.807) is 32.2 Å². The minimum absolute atomic E-state index is 0.122. The number of anilines is 1. The molecule has 0 saturated heterocycles. The van der Waals surface area contributed by atoms with Gasteiger partial charge in [0.1, 0.15) is 12.3 Å². The molecule has 0 saturated carbocycles. The largest absolute Gasteiger partial charge is 0.495 e. The summed E-state index contributed by atoms with van der Waals surface area (Å²) >= 11 is 5.92. The number of carbonyl (C=O) groups excluding carboxylic acids is 1. The van der Waals surface area contributed by atoms with Gasteiger partial charge in [-0.2, -0.15) is 0 Å². The fraction of sp³-hybridized carbons (Fsp3) is 0.364. The smallest absolute Gasteiger partial charge is 0.325 e. The van der Waals surface area contributed by atoms with E-state index >= 15 is 0 Å². The first-order chi connectivity index (χ1) is 7.67. The van der Waals surface area contributed by atoms with Crippen molar-refractivity contribution in [2.45, 2.75) is 6.92 Å². The van der Waals surface area contributed by atoms with E-state index in [0.717, 1.165) is 5.69 Å². The molecule has 1 rings (SSSR count).